The zero-order chi connectivity index (χ0) is 20.2. The lowest BCUT2D eigenvalue weighted by atomic mass is 10.1. The average molecular weight is 406 g/mol. The number of aromatic nitrogens is 2. The molecule has 5 aromatic rings. The van der Waals surface area contributed by atoms with Gasteiger partial charge in [-0.25, -0.2) is 4.98 Å². The van der Waals surface area contributed by atoms with Crippen LogP contribution in [0, 0.1) is 0 Å². The van der Waals surface area contributed by atoms with Gasteiger partial charge >= 0.3 is 0 Å². The van der Waals surface area contributed by atoms with E-state index in [0.29, 0.717) is 0 Å². The average Bonchev–Trinajstić information content (AvgIpc) is 3.27. The Balaban J connectivity index is 1.75. The molecule has 4 heteroatoms. The van der Waals surface area contributed by atoms with E-state index >= 15 is 0 Å². The van der Waals surface area contributed by atoms with Crippen molar-refractivity contribution >= 4 is 27.7 Å². The van der Waals surface area contributed by atoms with Crippen LogP contribution in [0.25, 0.3) is 21.8 Å². The molecule has 144 valence electrons. The Morgan fingerprint density at radius 1 is 0.567 bits per heavy atom. The first-order valence-corrected chi connectivity index (χ1v) is 10.6. The molecule has 0 aliphatic rings. The standard InChI is InChI=1S/C26H19N3S/c1-4-10-20(11-5-1)24-26(30-25(28-24)21-16-18-27-19-17-21)29(22-12-6-2-7-13-22)23-14-8-3-9-15-23/h1-19H. The second kappa shape index (κ2) is 8.31. The summed E-state index contributed by atoms with van der Waals surface area (Å²) < 4.78 is 0. The first-order valence-electron chi connectivity index (χ1n) is 9.77. The molecular formula is C26H19N3S. The quantitative estimate of drug-likeness (QED) is 0.306. The summed E-state index contributed by atoms with van der Waals surface area (Å²) >= 11 is 1.69. The summed E-state index contributed by atoms with van der Waals surface area (Å²) in [5, 5.41) is 2.06. The predicted octanol–water partition coefficient (Wildman–Crippen LogP) is 7.34. The van der Waals surface area contributed by atoms with Gasteiger partial charge in [0.2, 0.25) is 0 Å². The van der Waals surface area contributed by atoms with Crippen molar-refractivity contribution in [1.29, 1.82) is 0 Å². The molecule has 0 fully saturated rings. The van der Waals surface area contributed by atoms with E-state index in [1.807, 2.05) is 42.7 Å². The molecule has 30 heavy (non-hydrogen) atoms. The van der Waals surface area contributed by atoms with Crippen molar-refractivity contribution in [3.05, 3.63) is 116 Å². The fourth-order valence-corrected chi connectivity index (χ4v) is 4.54. The minimum atomic E-state index is 0.972. The second-order valence-electron chi connectivity index (χ2n) is 6.78. The second-order valence-corrected chi connectivity index (χ2v) is 7.76. The van der Waals surface area contributed by atoms with Gasteiger partial charge in [0, 0.05) is 34.9 Å². The van der Waals surface area contributed by atoms with E-state index in [4.69, 9.17) is 4.98 Å². The Labute approximate surface area is 179 Å². The minimum absolute atomic E-state index is 0.972. The number of benzene rings is 3. The van der Waals surface area contributed by atoms with Crippen LogP contribution in [0.4, 0.5) is 16.4 Å². The molecule has 0 atom stereocenters. The zero-order valence-electron chi connectivity index (χ0n) is 16.2. The van der Waals surface area contributed by atoms with Crippen molar-refractivity contribution in [2.45, 2.75) is 0 Å². The summed E-state index contributed by atoms with van der Waals surface area (Å²) in [6.07, 6.45) is 3.62. The summed E-state index contributed by atoms with van der Waals surface area (Å²) in [4.78, 5) is 11.5. The van der Waals surface area contributed by atoms with Crippen molar-refractivity contribution in [3.8, 4) is 21.8 Å². The molecule has 0 N–H and O–H groups in total. The summed E-state index contributed by atoms with van der Waals surface area (Å²) in [7, 11) is 0. The molecule has 0 saturated carbocycles. The van der Waals surface area contributed by atoms with E-state index in [9.17, 15) is 0 Å². The van der Waals surface area contributed by atoms with E-state index in [2.05, 4.69) is 82.7 Å². The maximum absolute atomic E-state index is 5.07. The molecule has 5 rings (SSSR count). The van der Waals surface area contributed by atoms with Crippen LogP contribution in [0.3, 0.4) is 0 Å². The molecule has 0 radical (unpaired) electrons. The third-order valence-electron chi connectivity index (χ3n) is 4.82. The largest absolute Gasteiger partial charge is 0.300 e. The van der Waals surface area contributed by atoms with Crippen LogP contribution in [0.5, 0.6) is 0 Å². The van der Waals surface area contributed by atoms with Crippen molar-refractivity contribution in [1.82, 2.24) is 9.97 Å². The van der Waals surface area contributed by atoms with Gasteiger partial charge in [0.05, 0.1) is 0 Å². The van der Waals surface area contributed by atoms with Crippen LogP contribution in [-0.4, -0.2) is 9.97 Å². The number of hydrogen-bond acceptors (Lipinski definition) is 4. The third-order valence-corrected chi connectivity index (χ3v) is 5.91. The lowest BCUT2D eigenvalue weighted by Gasteiger charge is -2.24. The molecule has 2 aromatic heterocycles. The van der Waals surface area contributed by atoms with Crippen LogP contribution in [0.2, 0.25) is 0 Å². The molecule has 0 bridgehead atoms. The topological polar surface area (TPSA) is 29.0 Å². The minimum Gasteiger partial charge on any atom is -0.300 e. The van der Waals surface area contributed by atoms with Crippen LogP contribution in [0.15, 0.2) is 116 Å². The summed E-state index contributed by atoms with van der Waals surface area (Å²) in [6.45, 7) is 0. The Morgan fingerprint density at radius 3 is 1.67 bits per heavy atom. The number of anilines is 3. The molecule has 3 nitrogen and oxygen atoms in total. The monoisotopic (exact) mass is 405 g/mol. The molecule has 0 unspecified atom stereocenters. The molecule has 0 aliphatic heterocycles. The number of para-hydroxylation sites is 2. The van der Waals surface area contributed by atoms with Crippen molar-refractivity contribution in [2.24, 2.45) is 0 Å². The zero-order valence-corrected chi connectivity index (χ0v) is 17.0. The SMILES string of the molecule is c1ccc(-c2nc(-c3ccncc3)sc2N(c2ccccc2)c2ccccc2)cc1. The molecular weight excluding hydrogens is 386 g/mol. The maximum Gasteiger partial charge on any atom is 0.129 e. The Bertz CT molecular complexity index is 1180. The molecule has 3 aromatic carbocycles. The first-order chi connectivity index (χ1) is 14.9. The highest BCUT2D eigenvalue weighted by Gasteiger charge is 2.22. The number of pyridine rings is 1. The first kappa shape index (κ1) is 18.3. The van der Waals surface area contributed by atoms with Gasteiger partial charge in [-0.3, -0.25) is 4.98 Å². The summed E-state index contributed by atoms with van der Waals surface area (Å²) in [5.74, 6) is 0. The van der Waals surface area contributed by atoms with Gasteiger partial charge in [-0.05, 0) is 36.4 Å². The highest BCUT2D eigenvalue weighted by molar-refractivity contribution is 7.19. The third kappa shape index (κ3) is 3.61. The number of hydrogen-bond donors (Lipinski definition) is 0. The molecule has 2 heterocycles. The molecule has 0 amide bonds. The molecule has 0 aliphatic carbocycles. The van der Waals surface area contributed by atoms with E-state index in [-0.39, 0.29) is 0 Å². The van der Waals surface area contributed by atoms with Crippen LogP contribution in [0.1, 0.15) is 0 Å². The lowest BCUT2D eigenvalue weighted by molar-refractivity contribution is 1.29. The van der Waals surface area contributed by atoms with Crippen molar-refractivity contribution in [2.75, 3.05) is 4.90 Å². The predicted molar refractivity (Wildman–Crippen MR) is 125 cm³/mol. The summed E-state index contributed by atoms with van der Waals surface area (Å²) in [5.41, 5.74) is 5.34. The fourth-order valence-electron chi connectivity index (χ4n) is 3.40. The normalized spacial score (nSPS) is 10.7. The number of rotatable bonds is 5. The van der Waals surface area contributed by atoms with Gasteiger partial charge in [-0.15, -0.1) is 0 Å². The van der Waals surface area contributed by atoms with Gasteiger partial charge in [-0.1, -0.05) is 78.1 Å². The van der Waals surface area contributed by atoms with Crippen molar-refractivity contribution in [3.63, 3.8) is 0 Å². The van der Waals surface area contributed by atoms with Gasteiger partial charge < -0.3 is 4.90 Å². The van der Waals surface area contributed by atoms with E-state index in [1.54, 1.807) is 11.3 Å². The van der Waals surface area contributed by atoms with E-state index < -0.39 is 0 Å². The number of thiazole rings is 1. The Morgan fingerprint density at radius 2 is 1.10 bits per heavy atom. The van der Waals surface area contributed by atoms with E-state index in [0.717, 1.165) is 38.2 Å². The summed E-state index contributed by atoms with van der Waals surface area (Å²) in [6, 6.07) is 35.3. The van der Waals surface area contributed by atoms with Crippen LogP contribution in [-0.2, 0) is 0 Å². The van der Waals surface area contributed by atoms with Gasteiger partial charge in [0.25, 0.3) is 0 Å². The smallest absolute Gasteiger partial charge is 0.129 e. The van der Waals surface area contributed by atoms with Crippen LogP contribution < -0.4 is 4.90 Å². The lowest BCUT2D eigenvalue weighted by Crippen LogP contribution is -2.09. The Hall–Kier alpha value is -3.76. The highest BCUT2D eigenvalue weighted by Crippen LogP contribution is 2.46. The van der Waals surface area contributed by atoms with E-state index in [1.165, 1.54) is 0 Å². The van der Waals surface area contributed by atoms with Crippen LogP contribution >= 0.6 is 11.3 Å². The van der Waals surface area contributed by atoms with Gasteiger partial charge in [0.1, 0.15) is 15.7 Å². The molecule has 0 saturated heterocycles. The Kier molecular flexibility index (Phi) is 5.06. The fraction of sp³-hybridized carbons (Fsp3) is 0. The van der Waals surface area contributed by atoms with Crippen molar-refractivity contribution < 1.29 is 0 Å². The number of nitrogens with zero attached hydrogens (tertiary/aromatic N) is 3. The van der Waals surface area contributed by atoms with Gasteiger partial charge in [-0.2, -0.15) is 0 Å². The highest BCUT2D eigenvalue weighted by atomic mass is 32.1. The maximum atomic E-state index is 5.07. The van der Waals surface area contributed by atoms with Gasteiger partial charge in [0.15, 0.2) is 0 Å². The molecule has 0 spiro atoms.